The average Bonchev–Trinajstić information content (AvgIpc) is 2.82. The second-order valence-corrected chi connectivity index (χ2v) is 5.95. The number of halogens is 5. The van der Waals surface area contributed by atoms with E-state index < -0.39 is 17.6 Å². The summed E-state index contributed by atoms with van der Waals surface area (Å²) in [6.07, 6.45) is -0.867. The highest BCUT2D eigenvalue weighted by molar-refractivity contribution is 5.85. The molecule has 0 unspecified atom stereocenters. The molecule has 3 heterocycles. The second kappa shape index (κ2) is 6.20. The van der Waals surface area contributed by atoms with Crippen LogP contribution in [0.15, 0.2) is 12.3 Å². The lowest BCUT2D eigenvalue weighted by Gasteiger charge is -2.33. The van der Waals surface area contributed by atoms with Crippen LogP contribution in [0.1, 0.15) is 24.8 Å². The highest BCUT2D eigenvalue weighted by Gasteiger charge is 2.40. The molecule has 3 nitrogen and oxygen atoms in total. The number of nitrogens with one attached hydrogen (secondary N) is 1. The molecule has 1 spiro atoms. The van der Waals surface area contributed by atoms with E-state index in [0.717, 1.165) is 32.4 Å². The Hall–Kier alpha value is -1.08. The number of alkyl halides is 3. The molecular weight excluding hydrogens is 322 g/mol. The van der Waals surface area contributed by atoms with E-state index in [1.54, 1.807) is 4.90 Å². The van der Waals surface area contributed by atoms with Crippen LogP contribution in [0.2, 0.25) is 0 Å². The van der Waals surface area contributed by atoms with Gasteiger partial charge in [-0.1, -0.05) is 0 Å². The molecule has 3 rings (SSSR count). The maximum atomic E-state index is 14.0. The SMILES string of the molecule is Cl.Fc1cc(C(F)(F)F)cnc1N1CCC2(CCNCC2)C1. The molecule has 2 aliphatic heterocycles. The molecule has 22 heavy (non-hydrogen) atoms. The molecule has 0 radical (unpaired) electrons. The fourth-order valence-corrected chi connectivity index (χ4v) is 3.30. The number of anilines is 1. The minimum absolute atomic E-state index is 0. The summed E-state index contributed by atoms with van der Waals surface area (Å²) in [6.45, 7) is 3.20. The Labute approximate surface area is 132 Å². The summed E-state index contributed by atoms with van der Waals surface area (Å²) in [6, 6.07) is 0.537. The summed E-state index contributed by atoms with van der Waals surface area (Å²) in [4.78, 5) is 5.50. The predicted octanol–water partition coefficient (Wildman–Crippen LogP) is 3.24. The van der Waals surface area contributed by atoms with Crippen molar-refractivity contribution in [1.29, 1.82) is 0 Å². The van der Waals surface area contributed by atoms with E-state index in [1.807, 2.05) is 0 Å². The Morgan fingerprint density at radius 3 is 2.45 bits per heavy atom. The maximum Gasteiger partial charge on any atom is 0.417 e. The van der Waals surface area contributed by atoms with E-state index in [4.69, 9.17) is 0 Å². The standard InChI is InChI=1S/C14H17F4N3.ClH/c15-11-7-10(14(16,17)18)8-20-12(11)21-6-3-13(9-21)1-4-19-5-2-13;/h7-8,19H,1-6,9H2;1H. The molecule has 0 aliphatic carbocycles. The first-order chi connectivity index (χ1) is 9.90. The van der Waals surface area contributed by atoms with Gasteiger partial charge >= 0.3 is 6.18 Å². The summed E-state index contributed by atoms with van der Waals surface area (Å²) < 4.78 is 51.6. The molecule has 1 aromatic rings. The van der Waals surface area contributed by atoms with Crippen molar-refractivity contribution >= 4 is 18.2 Å². The summed E-state index contributed by atoms with van der Waals surface area (Å²) in [7, 11) is 0. The fourth-order valence-electron chi connectivity index (χ4n) is 3.30. The first-order valence-electron chi connectivity index (χ1n) is 7.08. The first kappa shape index (κ1) is 17.3. The monoisotopic (exact) mass is 339 g/mol. The maximum absolute atomic E-state index is 14.0. The molecule has 0 aromatic carbocycles. The molecular formula is C14H18ClF4N3. The lowest BCUT2D eigenvalue weighted by Crippen LogP contribution is -2.38. The molecule has 1 N–H and O–H groups in total. The van der Waals surface area contributed by atoms with E-state index in [2.05, 4.69) is 10.3 Å². The Morgan fingerprint density at radius 1 is 1.18 bits per heavy atom. The summed E-state index contributed by atoms with van der Waals surface area (Å²) in [5.41, 5.74) is -0.887. The second-order valence-electron chi connectivity index (χ2n) is 5.95. The lowest BCUT2D eigenvalue weighted by molar-refractivity contribution is -0.138. The Bertz CT molecular complexity index is 529. The zero-order chi connectivity index (χ0) is 15.1. The fraction of sp³-hybridized carbons (Fsp3) is 0.643. The smallest absolute Gasteiger partial charge is 0.354 e. The van der Waals surface area contributed by atoms with Gasteiger partial charge in [-0.15, -0.1) is 12.4 Å². The molecule has 0 atom stereocenters. The Kier molecular flexibility index (Phi) is 4.87. The van der Waals surface area contributed by atoms with Crippen LogP contribution in [0.4, 0.5) is 23.4 Å². The van der Waals surface area contributed by atoms with Crippen LogP contribution in [0.25, 0.3) is 0 Å². The van der Waals surface area contributed by atoms with E-state index in [9.17, 15) is 17.6 Å². The van der Waals surface area contributed by atoms with Crippen molar-refractivity contribution in [2.75, 3.05) is 31.1 Å². The Balaban J connectivity index is 0.00000176. The van der Waals surface area contributed by atoms with Gasteiger partial charge in [-0.05, 0) is 43.8 Å². The summed E-state index contributed by atoms with van der Waals surface area (Å²) in [5, 5.41) is 3.29. The van der Waals surface area contributed by atoms with E-state index >= 15 is 0 Å². The minimum Gasteiger partial charge on any atom is -0.354 e. The van der Waals surface area contributed by atoms with Crippen molar-refractivity contribution in [1.82, 2.24) is 10.3 Å². The molecule has 0 amide bonds. The third-order valence-corrected chi connectivity index (χ3v) is 4.55. The van der Waals surface area contributed by atoms with Gasteiger partial charge < -0.3 is 10.2 Å². The number of pyridine rings is 1. The van der Waals surface area contributed by atoms with E-state index in [1.165, 1.54) is 0 Å². The number of piperidine rings is 1. The third kappa shape index (κ3) is 3.30. The van der Waals surface area contributed by atoms with Gasteiger partial charge in [0.05, 0.1) is 5.56 Å². The highest BCUT2D eigenvalue weighted by Crippen LogP contribution is 2.41. The van der Waals surface area contributed by atoms with Crippen molar-refractivity contribution in [3.8, 4) is 0 Å². The number of nitrogens with zero attached hydrogens (tertiary/aromatic N) is 2. The van der Waals surface area contributed by atoms with Crippen molar-refractivity contribution in [2.45, 2.75) is 25.4 Å². The van der Waals surface area contributed by atoms with Gasteiger partial charge in [0.2, 0.25) is 0 Å². The van der Waals surface area contributed by atoms with Crippen LogP contribution >= 0.6 is 12.4 Å². The normalized spacial score (nSPS) is 21.0. The quantitative estimate of drug-likeness (QED) is 0.796. The van der Waals surface area contributed by atoms with Gasteiger partial charge in [-0.25, -0.2) is 9.37 Å². The average molecular weight is 340 g/mol. The highest BCUT2D eigenvalue weighted by atomic mass is 35.5. The third-order valence-electron chi connectivity index (χ3n) is 4.55. The van der Waals surface area contributed by atoms with E-state index in [-0.39, 0.29) is 23.6 Å². The van der Waals surface area contributed by atoms with E-state index in [0.29, 0.717) is 25.4 Å². The molecule has 2 fully saturated rings. The molecule has 2 aliphatic rings. The van der Waals surface area contributed by atoms with Gasteiger partial charge in [0, 0.05) is 19.3 Å². The van der Waals surface area contributed by atoms with Gasteiger partial charge in [0.1, 0.15) is 0 Å². The Morgan fingerprint density at radius 2 is 1.86 bits per heavy atom. The zero-order valence-electron chi connectivity index (χ0n) is 11.9. The molecule has 2 saturated heterocycles. The number of rotatable bonds is 1. The summed E-state index contributed by atoms with van der Waals surface area (Å²) >= 11 is 0. The van der Waals surface area contributed by atoms with Crippen molar-refractivity contribution in [3.63, 3.8) is 0 Å². The molecule has 0 bridgehead atoms. The molecule has 0 saturated carbocycles. The van der Waals surface area contributed by atoms with Crippen LogP contribution in [-0.2, 0) is 6.18 Å². The van der Waals surface area contributed by atoms with Crippen molar-refractivity contribution < 1.29 is 17.6 Å². The van der Waals surface area contributed by atoms with Crippen LogP contribution in [0.3, 0.4) is 0 Å². The van der Waals surface area contributed by atoms with Crippen LogP contribution in [0, 0.1) is 11.2 Å². The largest absolute Gasteiger partial charge is 0.417 e. The van der Waals surface area contributed by atoms with Crippen LogP contribution in [0.5, 0.6) is 0 Å². The van der Waals surface area contributed by atoms with Gasteiger partial charge in [-0.2, -0.15) is 13.2 Å². The van der Waals surface area contributed by atoms with Gasteiger partial charge in [0.25, 0.3) is 0 Å². The van der Waals surface area contributed by atoms with Crippen molar-refractivity contribution in [3.05, 3.63) is 23.6 Å². The molecule has 8 heteroatoms. The number of hydrogen-bond acceptors (Lipinski definition) is 3. The predicted molar refractivity (Wildman–Crippen MR) is 77.8 cm³/mol. The topological polar surface area (TPSA) is 28.2 Å². The van der Waals surface area contributed by atoms with Crippen LogP contribution < -0.4 is 10.2 Å². The van der Waals surface area contributed by atoms with Gasteiger partial charge in [-0.3, -0.25) is 0 Å². The lowest BCUT2D eigenvalue weighted by atomic mass is 9.78. The number of hydrogen-bond donors (Lipinski definition) is 1. The van der Waals surface area contributed by atoms with Crippen LogP contribution in [-0.4, -0.2) is 31.2 Å². The first-order valence-corrected chi connectivity index (χ1v) is 7.08. The minimum atomic E-state index is -4.56. The molecule has 124 valence electrons. The zero-order valence-corrected chi connectivity index (χ0v) is 12.7. The summed E-state index contributed by atoms with van der Waals surface area (Å²) in [5.74, 6) is -0.853. The number of aromatic nitrogens is 1. The van der Waals surface area contributed by atoms with Gasteiger partial charge in [0.15, 0.2) is 11.6 Å². The van der Waals surface area contributed by atoms with Crippen molar-refractivity contribution in [2.24, 2.45) is 5.41 Å². The molecule has 1 aromatic heterocycles.